The summed E-state index contributed by atoms with van der Waals surface area (Å²) in [5.74, 6) is 0.993. The maximum atomic E-state index is 8.50. The molecule has 0 bridgehead atoms. The highest BCUT2D eigenvalue weighted by atomic mass is 35.5. The van der Waals surface area contributed by atoms with Gasteiger partial charge in [0.25, 0.3) is 0 Å². The van der Waals surface area contributed by atoms with E-state index in [4.69, 9.17) is 21.4 Å². The van der Waals surface area contributed by atoms with Crippen LogP contribution < -0.4 is 0 Å². The Kier molecular flexibility index (Phi) is 2.11. The standard InChI is InChI=1S/C5H9ClO2/c6-1-4-3-8-5(4)2-7/h4-5,7H,1-3H2. The molecule has 1 aliphatic rings. The summed E-state index contributed by atoms with van der Waals surface area (Å²) in [6, 6.07) is 0. The zero-order chi connectivity index (χ0) is 5.98. The highest BCUT2D eigenvalue weighted by Crippen LogP contribution is 2.20. The van der Waals surface area contributed by atoms with Gasteiger partial charge in [-0.1, -0.05) is 0 Å². The largest absolute Gasteiger partial charge is 0.394 e. The highest BCUT2D eigenvalue weighted by molar-refractivity contribution is 6.18. The van der Waals surface area contributed by atoms with Crippen molar-refractivity contribution in [1.82, 2.24) is 0 Å². The summed E-state index contributed by atoms with van der Waals surface area (Å²) in [5.41, 5.74) is 0. The third-order valence-corrected chi connectivity index (χ3v) is 1.82. The number of aliphatic hydroxyl groups excluding tert-OH is 1. The average Bonchev–Trinajstić information content (AvgIpc) is 1.66. The fourth-order valence-corrected chi connectivity index (χ4v) is 1.00. The summed E-state index contributed by atoms with van der Waals surface area (Å²) in [7, 11) is 0. The van der Waals surface area contributed by atoms with Crippen molar-refractivity contribution in [2.75, 3.05) is 19.1 Å². The van der Waals surface area contributed by atoms with Crippen LogP contribution in [0.25, 0.3) is 0 Å². The van der Waals surface area contributed by atoms with Crippen molar-refractivity contribution in [1.29, 1.82) is 0 Å². The Morgan fingerprint density at radius 3 is 2.62 bits per heavy atom. The lowest BCUT2D eigenvalue weighted by atomic mass is 10.0. The molecular weight excluding hydrogens is 128 g/mol. The first kappa shape index (κ1) is 6.33. The van der Waals surface area contributed by atoms with Crippen molar-refractivity contribution in [2.45, 2.75) is 6.10 Å². The van der Waals surface area contributed by atoms with Crippen molar-refractivity contribution in [3.8, 4) is 0 Å². The lowest BCUT2D eigenvalue weighted by Crippen LogP contribution is -2.43. The molecule has 0 saturated carbocycles. The molecule has 0 radical (unpaired) electrons. The number of aliphatic hydroxyl groups is 1. The predicted octanol–water partition coefficient (Wildman–Crippen LogP) is 0.232. The summed E-state index contributed by atoms with van der Waals surface area (Å²) in [4.78, 5) is 0. The molecule has 1 N–H and O–H groups in total. The molecule has 1 fully saturated rings. The van der Waals surface area contributed by atoms with E-state index in [1.165, 1.54) is 0 Å². The molecule has 0 aromatic heterocycles. The third kappa shape index (κ3) is 0.966. The summed E-state index contributed by atoms with van der Waals surface area (Å²) in [5, 5.41) is 8.50. The van der Waals surface area contributed by atoms with E-state index < -0.39 is 0 Å². The van der Waals surface area contributed by atoms with Crippen molar-refractivity contribution in [2.24, 2.45) is 5.92 Å². The van der Waals surface area contributed by atoms with Crippen LogP contribution in [0.4, 0.5) is 0 Å². The average molecular weight is 137 g/mol. The Hall–Kier alpha value is 0.210. The molecule has 2 unspecified atom stereocenters. The maximum Gasteiger partial charge on any atom is 0.0867 e. The SMILES string of the molecule is OCC1OCC1CCl. The molecule has 0 aromatic carbocycles. The minimum Gasteiger partial charge on any atom is -0.394 e. The quantitative estimate of drug-likeness (QED) is 0.551. The fraction of sp³-hybridized carbons (Fsp3) is 1.00. The lowest BCUT2D eigenvalue weighted by molar-refractivity contribution is -0.126. The van der Waals surface area contributed by atoms with Gasteiger partial charge in [0.1, 0.15) is 0 Å². The van der Waals surface area contributed by atoms with E-state index in [-0.39, 0.29) is 12.7 Å². The first-order valence-electron chi connectivity index (χ1n) is 2.67. The molecule has 8 heavy (non-hydrogen) atoms. The van der Waals surface area contributed by atoms with Crippen LogP contribution in [-0.4, -0.2) is 30.3 Å². The van der Waals surface area contributed by atoms with Crippen LogP contribution >= 0.6 is 11.6 Å². The smallest absolute Gasteiger partial charge is 0.0867 e. The molecule has 1 rings (SSSR count). The van der Waals surface area contributed by atoms with Gasteiger partial charge in [-0.3, -0.25) is 0 Å². The van der Waals surface area contributed by atoms with Crippen LogP contribution in [0.2, 0.25) is 0 Å². The zero-order valence-electron chi connectivity index (χ0n) is 4.51. The van der Waals surface area contributed by atoms with E-state index in [1.807, 2.05) is 0 Å². The molecule has 2 atom stereocenters. The summed E-state index contributed by atoms with van der Waals surface area (Å²) >= 11 is 5.49. The normalized spacial score (nSPS) is 36.8. The molecule has 0 spiro atoms. The molecule has 2 nitrogen and oxygen atoms in total. The zero-order valence-corrected chi connectivity index (χ0v) is 5.27. The van der Waals surface area contributed by atoms with Gasteiger partial charge in [-0.15, -0.1) is 11.6 Å². The van der Waals surface area contributed by atoms with Gasteiger partial charge < -0.3 is 9.84 Å². The van der Waals surface area contributed by atoms with E-state index in [1.54, 1.807) is 0 Å². The van der Waals surface area contributed by atoms with Gasteiger partial charge in [0.05, 0.1) is 19.3 Å². The molecule has 1 saturated heterocycles. The monoisotopic (exact) mass is 136 g/mol. The minimum atomic E-state index is 0.0208. The maximum absolute atomic E-state index is 8.50. The molecule has 48 valence electrons. The highest BCUT2D eigenvalue weighted by Gasteiger charge is 2.29. The number of alkyl halides is 1. The van der Waals surface area contributed by atoms with Crippen LogP contribution in [0.3, 0.4) is 0 Å². The van der Waals surface area contributed by atoms with Crippen LogP contribution in [0.1, 0.15) is 0 Å². The predicted molar refractivity (Wildman–Crippen MR) is 31.0 cm³/mol. The van der Waals surface area contributed by atoms with E-state index in [2.05, 4.69) is 0 Å². The van der Waals surface area contributed by atoms with E-state index in [9.17, 15) is 0 Å². The van der Waals surface area contributed by atoms with Crippen molar-refractivity contribution in [3.63, 3.8) is 0 Å². The molecule has 0 aromatic rings. The Bertz CT molecular complexity index is 62.8. The molecular formula is C5H9ClO2. The van der Waals surface area contributed by atoms with Crippen molar-refractivity contribution in [3.05, 3.63) is 0 Å². The Morgan fingerprint density at radius 2 is 2.50 bits per heavy atom. The minimum absolute atomic E-state index is 0.0208. The Balaban J connectivity index is 2.16. The fourth-order valence-electron chi connectivity index (χ4n) is 0.714. The molecule has 0 amide bonds. The summed E-state index contributed by atoms with van der Waals surface area (Å²) < 4.78 is 4.95. The van der Waals surface area contributed by atoms with Gasteiger partial charge in [0.2, 0.25) is 0 Å². The Morgan fingerprint density at radius 1 is 1.75 bits per heavy atom. The number of rotatable bonds is 2. The second-order valence-corrected chi connectivity index (χ2v) is 2.28. The molecule has 1 heterocycles. The lowest BCUT2D eigenvalue weighted by Gasteiger charge is -2.33. The molecule has 0 aliphatic carbocycles. The van der Waals surface area contributed by atoms with Gasteiger partial charge in [0, 0.05) is 11.8 Å². The third-order valence-electron chi connectivity index (χ3n) is 1.43. The Labute approximate surface area is 53.4 Å². The van der Waals surface area contributed by atoms with Crippen LogP contribution in [0.15, 0.2) is 0 Å². The number of hydrogen-bond donors (Lipinski definition) is 1. The van der Waals surface area contributed by atoms with E-state index in [0.717, 1.165) is 0 Å². The van der Waals surface area contributed by atoms with E-state index >= 15 is 0 Å². The van der Waals surface area contributed by atoms with Crippen molar-refractivity contribution >= 4 is 11.6 Å². The number of hydrogen-bond acceptors (Lipinski definition) is 2. The second-order valence-electron chi connectivity index (χ2n) is 1.97. The van der Waals surface area contributed by atoms with Gasteiger partial charge in [0.15, 0.2) is 0 Å². The van der Waals surface area contributed by atoms with Gasteiger partial charge >= 0.3 is 0 Å². The van der Waals surface area contributed by atoms with Gasteiger partial charge in [-0.05, 0) is 0 Å². The summed E-state index contributed by atoms with van der Waals surface area (Å²) in [6.07, 6.45) is 0.0208. The molecule has 1 aliphatic heterocycles. The van der Waals surface area contributed by atoms with Gasteiger partial charge in [-0.25, -0.2) is 0 Å². The first-order valence-corrected chi connectivity index (χ1v) is 3.20. The number of halogens is 1. The van der Waals surface area contributed by atoms with Crippen LogP contribution in [0.5, 0.6) is 0 Å². The van der Waals surface area contributed by atoms with E-state index in [0.29, 0.717) is 18.4 Å². The second kappa shape index (κ2) is 2.67. The van der Waals surface area contributed by atoms with Gasteiger partial charge in [-0.2, -0.15) is 0 Å². The first-order chi connectivity index (χ1) is 3.88. The van der Waals surface area contributed by atoms with Crippen LogP contribution in [0, 0.1) is 5.92 Å². The summed E-state index contributed by atoms with van der Waals surface area (Å²) in [6.45, 7) is 0.826. The number of ether oxygens (including phenoxy) is 1. The van der Waals surface area contributed by atoms with Crippen LogP contribution in [-0.2, 0) is 4.74 Å². The topological polar surface area (TPSA) is 29.5 Å². The molecule has 3 heteroatoms. The van der Waals surface area contributed by atoms with Crippen molar-refractivity contribution < 1.29 is 9.84 Å².